The van der Waals surface area contributed by atoms with Gasteiger partial charge in [-0.3, -0.25) is 0 Å². The molecule has 0 bridgehead atoms. The summed E-state index contributed by atoms with van der Waals surface area (Å²) in [5.74, 6) is 0.303. The molecule has 0 spiro atoms. The maximum absolute atomic E-state index is 9.66. The summed E-state index contributed by atoms with van der Waals surface area (Å²) in [6.07, 6.45) is 0. The molecule has 3 nitrogen and oxygen atoms in total. The van der Waals surface area contributed by atoms with Crippen LogP contribution in [0.5, 0.6) is 5.75 Å². The predicted molar refractivity (Wildman–Crippen MR) is 73.2 cm³/mol. The van der Waals surface area contributed by atoms with Gasteiger partial charge < -0.3 is 5.11 Å². The lowest BCUT2D eigenvalue weighted by molar-refractivity contribution is 0.467. The molecule has 0 aromatic heterocycles. The van der Waals surface area contributed by atoms with Crippen LogP contribution in [0.15, 0.2) is 46.6 Å². The molecule has 92 valence electrons. The first-order valence-corrected chi connectivity index (χ1v) is 5.91. The summed E-state index contributed by atoms with van der Waals surface area (Å²) in [7, 11) is 0. The average Bonchev–Trinajstić information content (AvgIpc) is 2.33. The molecule has 0 fully saturated rings. The molecule has 0 amide bonds. The second kappa shape index (κ2) is 5.19. The number of azo groups is 1. The molecule has 0 saturated carbocycles. The number of benzene rings is 2. The van der Waals surface area contributed by atoms with Gasteiger partial charge in [0, 0.05) is 5.02 Å². The van der Waals surface area contributed by atoms with Crippen LogP contribution in [-0.4, -0.2) is 5.11 Å². The van der Waals surface area contributed by atoms with Crippen molar-refractivity contribution in [1.82, 2.24) is 0 Å². The van der Waals surface area contributed by atoms with E-state index in [0.29, 0.717) is 22.1 Å². The number of hydrogen-bond donors (Lipinski definition) is 1. The van der Waals surface area contributed by atoms with Gasteiger partial charge in [0.15, 0.2) is 0 Å². The van der Waals surface area contributed by atoms with E-state index in [-0.39, 0.29) is 0 Å². The minimum atomic E-state index is 0.303. The van der Waals surface area contributed by atoms with Crippen LogP contribution in [0.3, 0.4) is 0 Å². The molecule has 0 radical (unpaired) electrons. The molecule has 1 N–H and O–H groups in total. The Morgan fingerprint density at radius 3 is 2.17 bits per heavy atom. The average molecular weight is 261 g/mol. The second-order valence-corrected chi connectivity index (χ2v) is 4.54. The molecule has 4 heteroatoms. The number of aryl methyl sites for hydroxylation is 2. The highest BCUT2D eigenvalue weighted by Gasteiger charge is 2.02. The monoisotopic (exact) mass is 260 g/mol. The summed E-state index contributed by atoms with van der Waals surface area (Å²) >= 11 is 5.86. The fraction of sp³-hybridized carbons (Fsp3) is 0.143. The lowest BCUT2D eigenvalue weighted by Gasteiger charge is -2.03. The lowest BCUT2D eigenvalue weighted by Crippen LogP contribution is -1.79. The van der Waals surface area contributed by atoms with E-state index in [0.717, 1.165) is 11.1 Å². The summed E-state index contributed by atoms with van der Waals surface area (Å²) in [6.45, 7) is 3.67. The Hall–Kier alpha value is -1.87. The molecule has 18 heavy (non-hydrogen) atoms. The molecule has 0 aliphatic heterocycles. The molecule has 2 aromatic carbocycles. The summed E-state index contributed by atoms with van der Waals surface area (Å²) in [5.41, 5.74) is 2.98. The Kier molecular flexibility index (Phi) is 3.63. The fourth-order valence-corrected chi connectivity index (χ4v) is 1.83. The zero-order valence-electron chi connectivity index (χ0n) is 10.2. The molecular formula is C14H13ClN2O. The number of aromatic hydroxyl groups is 1. The van der Waals surface area contributed by atoms with Crippen LogP contribution >= 0.6 is 11.6 Å². The summed E-state index contributed by atoms with van der Waals surface area (Å²) in [6, 6.07) is 10.8. The van der Waals surface area contributed by atoms with E-state index in [2.05, 4.69) is 10.2 Å². The second-order valence-electron chi connectivity index (χ2n) is 4.11. The standard InChI is InChI=1S/C14H13ClN2O/c1-9-6-13(7-10(2)14(9)18)17-16-12-5-3-4-11(15)8-12/h3-8,18H,1-2H3. The van der Waals surface area contributed by atoms with Gasteiger partial charge in [-0.05, 0) is 55.3 Å². The van der Waals surface area contributed by atoms with Crippen LogP contribution in [0.4, 0.5) is 11.4 Å². The van der Waals surface area contributed by atoms with Gasteiger partial charge in [-0.25, -0.2) is 0 Å². The third-order valence-electron chi connectivity index (χ3n) is 2.56. The van der Waals surface area contributed by atoms with Crippen LogP contribution < -0.4 is 0 Å². The molecular weight excluding hydrogens is 248 g/mol. The van der Waals surface area contributed by atoms with Crippen molar-refractivity contribution in [2.24, 2.45) is 10.2 Å². The largest absolute Gasteiger partial charge is 0.507 e. The van der Waals surface area contributed by atoms with E-state index >= 15 is 0 Å². The molecule has 0 aliphatic carbocycles. The highest BCUT2D eigenvalue weighted by Crippen LogP contribution is 2.28. The highest BCUT2D eigenvalue weighted by molar-refractivity contribution is 6.30. The van der Waals surface area contributed by atoms with Gasteiger partial charge in [0.05, 0.1) is 11.4 Å². The zero-order valence-corrected chi connectivity index (χ0v) is 10.9. The Balaban J connectivity index is 2.29. The Morgan fingerprint density at radius 2 is 1.56 bits per heavy atom. The maximum atomic E-state index is 9.66. The van der Waals surface area contributed by atoms with Gasteiger partial charge in [-0.15, -0.1) is 0 Å². The number of rotatable bonds is 2. The van der Waals surface area contributed by atoms with Crippen molar-refractivity contribution in [2.75, 3.05) is 0 Å². The van der Waals surface area contributed by atoms with E-state index < -0.39 is 0 Å². The maximum Gasteiger partial charge on any atom is 0.121 e. The quantitative estimate of drug-likeness (QED) is 0.752. The number of halogens is 1. The van der Waals surface area contributed by atoms with Crippen LogP contribution in [0.1, 0.15) is 11.1 Å². The van der Waals surface area contributed by atoms with E-state index in [9.17, 15) is 5.11 Å². The van der Waals surface area contributed by atoms with Gasteiger partial charge in [0.1, 0.15) is 5.75 Å². The van der Waals surface area contributed by atoms with Crippen molar-refractivity contribution in [1.29, 1.82) is 0 Å². The van der Waals surface area contributed by atoms with Crippen molar-refractivity contribution in [3.8, 4) is 5.75 Å². The molecule has 0 unspecified atom stereocenters. The van der Waals surface area contributed by atoms with Crippen molar-refractivity contribution in [3.63, 3.8) is 0 Å². The van der Waals surface area contributed by atoms with Crippen molar-refractivity contribution < 1.29 is 5.11 Å². The van der Waals surface area contributed by atoms with Crippen molar-refractivity contribution in [2.45, 2.75) is 13.8 Å². The minimum Gasteiger partial charge on any atom is -0.507 e. The zero-order chi connectivity index (χ0) is 13.1. The van der Waals surface area contributed by atoms with Gasteiger partial charge >= 0.3 is 0 Å². The minimum absolute atomic E-state index is 0.303. The SMILES string of the molecule is Cc1cc(N=Nc2cccc(Cl)c2)cc(C)c1O. The van der Waals surface area contributed by atoms with Gasteiger partial charge in [-0.1, -0.05) is 17.7 Å². The Labute approximate surface area is 111 Å². The van der Waals surface area contributed by atoms with Crippen LogP contribution in [0, 0.1) is 13.8 Å². The first-order chi connectivity index (χ1) is 8.56. The summed E-state index contributed by atoms with van der Waals surface area (Å²) < 4.78 is 0. The molecule has 0 heterocycles. The normalized spacial score (nSPS) is 11.1. The van der Waals surface area contributed by atoms with Crippen LogP contribution in [0.2, 0.25) is 5.02 Å². The summed E-state index contributed by atoms with van der Waals surface area (Å²) in [5, 5.41) is 18.5. The number of hydrogen-bond acceptors (Lipinski definition) is 3. The van der Waals surface area contributed by atoms with Crippen molar-refractivity contribution in [3.05, 3.63) is 52.5 Å². The van der Waals surface area contributed by atoms with Gasteiger partial charge in [-0.2, -0.15) is 10.2 Å². The topological polar surface area (TPSA) is 45.0 Å². The number of phenolic OH excluding ortho intramolecular Hbond substituents is 1. The molecule has 2 rings (SSSR count). The van der Waals surface area contributed by atoms with Gasteiger partial charge in [0.2, 0.25) is 0 Å². The van der Waals surface area contributed by atoms with E-state index in [4.69, 9.17) is 11.6 Å². The first-order valence-electron chi connectivity index (χ1n) is 5.54. The van der Waals surface area contributed by atoms with E-state index in [1.165, 1.54) is 0 Å². The summed E-state index contributed by atoms with van der Waals surface area (Å²) in [4.78, 5) is 0. The molecule has 0 aliphatic rings. The van der Waals surface area contributed by atoms with Crippen LogP contribution in [-0.2, 0) is 0 Å². The van der Waals surface area contributed by atoms with E-state index in [1.807, 2.05) is 26.0 Å². The number of phenols is 1. The molecule has 2 aromatic rings. The smallest absolute Gasteiger partial charge is 0.121 e. The third-order valence-corrected chi connectivity index (χ3v) is 2.80. The van der Waals surface area contributed by atoms with Crippen molar-refractivity contribution >= 4 is 23.0 Å². The number of nitrogens with zero attached hydrogens (tertiary/aromatic N) is 2. The first kappa shape index (κ1) is 12.6. The Morgan fingerprint density at radius 1 is 0.944 bits per heavy atom. The highest BCUT2D eigenvalue weighted by atomic mass is 35.5. The van der Waals surface area contributed by atoms with E-state index in [1.54, 1.807) is 24.3 Å². The third kappa shape index (κ3) is 2.87. The van der Waals surface area contributed by atoms with Crippen LogP contribution in [0.25, 0.3) is 0 Å². The Bertz CT molecular complexity index is 585. The molecule has 0 saturated heterocycles. The lowest BCUT2D eigenvalue weighted by atomic mass is 10.1. The fourth-order valence-electron chi connectivity index (χ4n) is 1.64. The van der Waals surface area contributed by atoms with Gasteiger partial charge in [0.25, 0.3) is 0 Å². The molecule has 0 atom stereocenters. The predicted octanol–water partition coefficient (Wildman–Crippen LogP) is 5.08.